The molecule has 1 heterocycles. The first-order valence-electron chi connectivity index (χ1n) is 9.41. The van der Waals surface area contributed by atoms with E-state index in [2.05, 4.69) is 15.6 Å². The van der Waals surface area contributed by atoms with Crippen LogP contribution in [0.2, 0.25) is 0 Å². The van der Waals surface area contributed by atoms with Crippen molar-refractivity contribution in [3.8, 4) is 17.0 Å². The topological polar surface area (TPSA) is 80.3 Å². The molecule has 0 fully saturated rings. The number of para-hydroxylation sites is 1. The Morgan fingerprint density at radius 1 is 1.13 bits per heavy atom. The average molecular weight is 422 g/mol. The van der Waals surface area contributed by atoms with Crippen molar-refractivity contribution in [1.29, 1.82) is 0 Å². The largest absolute Gasteiger partial charge is 0.496 e. The van der Waals surface area contributed by atoms with Gasteiger partial charge in [-0.3, -0.25) is 14.9 Å². The number of ether oxygens (including phenoxy) is 1. The minimum absolute atomic E-state index is 0.0585. The van der Waals surface area contributed by atoms with E-state index in [1.54, 1.807) is 13.2 Å². The highest BCUT2D eigenvalue weighted by Crippen LogP contribution is 2.26. The molecule has 1 atom stereocenters. The van der Waals surface area contributed by atoms with E-state index in [1.165, 1.54) is 24.3 Å². The van der Waals surface area contributed by atoms with Gasteiger partial charge in [0.1, 0.15) is 5.75 Å². The van der Waals surface area contributed by atoms with Crippen molar-refractivity contribution in [3.63, 3.8) is 0 Å². The number of carbonyl (C=O) groups excluding carboxylic acids is 2. The molecule has 3 rings (SSSR count). The minimum Gasteiger partial charge on any atom is -0.496 e. The number of amides is 2. The van der Waals surface area contributed by atoms with Gasteiger partial charge in [-0.25, -0.2) is 4.98 Å². The maximum atomic E-state index is 12.2. The predicted octanol–water partition coefficient (Wildman–Crippen LogP) is 4.67. The first-order valence-corrected chi connectivity index (χ1v) is 10.3. The molecule has 0 aliphatic rings. The summed E-state index contributed by atoms with van der Waals surface area (Å²) in [6.07, 6.45) is 3.16. The van der Waals surface area contributed by atoms with Gasteiger partial charge in [-0.1, -0.05) is 42.5 Å². The lowest BCUT2D eigenvalue weighted by atomic mass is 10.1. The summed E-state index contributed by atoms with van der Waals surface area (Å²) in [4.78, 5) is 27.9. The zero-order valence-electron chi connectivity index (χ0n) is 17.0. The van der Waals surface area contributed by atoms with Crippen molar-refractivity contribution in [2.75, 3.05) is 12.4 Å². The Morgan fingerprint density at radius 2 is 1.87 bits per heavy atom. The molecule has 1 unspecified atom stereocenters. The van der Waals surface area contributed by atoms with Gasteiger partial charge in [0.2, 0.25) is 11.8 Å². The van der Waals surface area contributed by atoms with E-state index in [4.69, 9.17) is 4.74 Å². The molecule has 0 spiro atoms. The SMILES string of the molecule is COc1ccccc1/C=C/C(=O)Nc1nc(-c2ccc(C(C)NC(C)=O)cc2)cs1. The van der Waals surface area contributed by atoms with Crippen LogP contribution in [-0.2, 0) is 9.59 Å². The van der Waals surface area contributed by atoms with Crippen LogP contribution in [0.25, 0.3) is 17.3 Å². The fourth-order valence-electron chi connectivity index (χ4n) is 2.91. The van der Waals surface area contributed by atoms with Crippen molar-refractivity contribution in [1.82, 2.24) is 10.3 Å². The second kappa shape index (κ2) is 9.84. The number of nitrogens with one attached hydrogen (secondary N) is 2. The van der Waals surface area contributed by atoms with E-state index in [1.807, 2.05) is 60.8 Å². The third-order valence-corrected chi connectivity index (χ3v) is 5.17. The second-order valence-corrected chi connectivity index (χ2v) is 7.50. The standard InChI is InChI=1S/C23H23N3O3S/c1-15(24-16(2)27)17-8-10-18(11-9-17)20-14-30-23(25-20)26-22(28)13-12-19-6-4-5-7-21(19)29-3/h4-15H,1-3H3,(H,24,27)(H,25,26,28)/b13-12+. The van der Waals surface area contributed by atoms with Gasteiger partial charge in [0.15, 0.2) is 5.13 Å². The van der Waals surface area contributed by atoms with Gasteiger partial charge in [0.25, 0.3) is 0 Å². The molecule has 2 aromatic carbocycles. The first-order chi connectivity index (χ1) is 14.5. The summed E-state index contributed by atoms with van der Waals surface area (Å²) >= 11 is 1.36. The lowest BCUT2D eigenvalue weighted by Crippen LogP contribution is -2.23. The van der Waals surface area contributed by atoms with E-state index in [0.29, 0.717) is 10.9 Å². The molecule has 0 aliphatic heterocycles. The second-order valence-electron chi connectivity index (χ2n) is 6.65. The zero-order chi connectivity index (χ0) is 21.5. The summed E-state index contributed by atoms with van der Waals surface area (Å²) in [6, 6.07) is 15.2. The Balaban J connectivity index is 1.64. The first kappa shape index (κ1) is 21.3. The van der Waals surface area contributed by atoms with E-state index in [0.717, 1.165) is 22.4 Å². The van der Waals surface area contributed by atoms with Gasteiger partial charge < -0.3 is 10.1 Å². The highest BCUT2D eigenvalue weighted by atomic mass is 32.1. The Labute approximate surface area is 179 Å². The summed E-state index contributed by atoms with van der Waals surface area (Å²) in [5, 5.41) is 8.06. The van der Waals surface area contributed by atoms with Crippen molar-refractivity contribution < 1.29 is 14.3 Å². The Hall–Kier alpha value is -3.45. The number of thiazole rings is 1. The molecule has 0 radical (unpaired) electrons. The molecular weight excluding hydrogens is 398 g/mol. The number of benzene rings is 2. The summed E-state index contributed by atoms with van der Waals surface area (Å²) in [7, 11) is 1.59. The molecule has 30 heavy (non-hydrogen) atoms. The van der Waals surface area contributed by atoms with Gasteiger partial charge >= 0.3 is 0 Å². The molecule has 2 amide bonds. The molecule has 0 saturated heterocycles. The Kier molecular flexibility index (Phi) is 6.98. The van der Waals surface area contributed by atoms with Crippen LogP contribution in [0.1, 0.15) is 31.0 Å². The van der Waals surface area contributed by atoms with Gasteiger partial charge in [0.05, 0.1) is 18.8 Å². The maximum Gasteiger partial charge on any atom is 0.250 e. The third kappa shape index (κ3) is 5.55. The fraction of sp³-hybridized carbons (Fsp3) is 0.174. The van der Waals surface area contributed by atoms with Gasteiger partial charge in [-0.05, 0) is 24.6 Å². The van der Waals surface area contributed by atoms with E-state index >= 15 is 0 Å². The van der Waals surface area contributed by atoms with Crippen LogP contribution in [0.15, 0.2) is 60.0 Å². The van der Waals surface area contributed by atoms with Crippen molar-refractivity contribution >= 4 is 34.4 Å². The van der Waals surface area contributed by atoms with E-state index in [9.17, 15) is 9.59 Å². The summed E-state index contributed by atoms with van der Waals surface area (Å²) in [6.45, 7) is 3.44. The number of hydrogen-bond acceptors (Lipinski definition) is 5. The van der Waals surface area contributed by atoms with Crippen molar-refractivity contribution in [2.24, 2.45) is 0 Å². The van der Waals surface area contributed by atoms with Gasteiger partial charge in [-0.2, -0.15) is 0 Å². The number of methoxy groups -OCH3 is 1. The number of hydrogen-bond donors (Lipinski definition) is 2. The maximum absolute atomic E-state index is 12.2. The highest BCUT2D eigenvalue weighted by Gasteiger charge is 2.09. The molecule has 154 valence electrons. The van der Waals surface area contributed by atoms with Crippen LogP contribution in [0, 0.1) is 0 Å². The van der Waals surface area contributed by atoms with E-state index in [-0.39, 0.29) is 17.9 Å². The number of aromatic nitrogens is 1. The van der Waals surface area contributed by atoms with Crippen LogP contribution in [0.5, 0.6) is 5.75 Å². The average Bonchev–Trinajstić information content (AvgIpc) is 3.20. The van der Waals surface area contributed by atoms with Crippen LogP contribution in [-0.4, -0.2) is 23.9 Å². The highest BCUT2D eigenvalue weighted by molar-refractivity contribution is 7.14. The van der Waals surface area contributed by atoms with Crippen molar-refractivity contribution in [3.05, 3.63) is 71.1 Å². The van der Waals surface area contributed by atoms with Crippen LogP contribution in [0.3, 0.4) is 0 Å². The smallest absolute Gasteiger partial charge is 0.250 e. The zero-order valence-corrected chi connectivity index (χ0v) is 17.8. The number of nitrogens with zero attached hydrogens (tertiary/aromatic N) is 1. The minimum atomic E-state index is -0.263. The predicted molar refractivity (Wildman–Crippen MR) is 120 cm³/mol. The molecular formula is C23H23N3O3S. The number of rotatable bonds is 7. The quantitative estimate of drug-likeness (QED) is 0.544. The molecule has 0 aliphatic carbocycles. The Bertz CT molecular complexity index is 1060. The van der Waals surface area contributed by atoms with Gasteiger partial charge in [0, 0.05) is 29.5 Å². The summed E-state index contributed by atoms with van der Waals surface area (Å²) < 4.78 is 5.28. The van der Waals surface area contributed by atoms with Crippen molar-refractivity contribution in [2.45, 2.75) is 19.9 Å². The molecule has 6 nitrogen and oxygen atoms in total. The van der Waals surface area contributed by atoms with Crippen LogP contribution < -0.4 is 15.4 Å². The summed E-state index contributed by atoms with van der Waals surface area (Å²) in [5.41, 5.74) is 3.56. The Morgan fingerprint density at radius 3 is 2.57 bits per heavy atom. The normalized spacial score (nSPS) is 11.8. The summed E-state index contributed by atoms with van der Waals surface area (Å²) in [5.74, 6) is 0.377. The lowest BCUT2D eigenvalue weighted by Gasteiger charge is -2.12. The molecule has 1 aromatic heterocycles. The van der Waals surface area contributed by atoms with Crippen LogP contribution >= 0.6 is 11.3 Å². The fourth-order valence-corrected chi connectivity index (χ4v) is 3.63. The third-order valence-electron chi connectivity index (χ3n) is 4.41. The van der Waals surface area contributed by atoms with E-state index < -0.39 is 0 Å². The monoisotopic (exact) mass is 421 g/mol. The van der Waals surface area contributed by atoms with Crippen LogP contribution in [0.4, 0.5) is 5.13 Å². The molecule has 3 aromatic rings. The molecule has 0 bridgehead atoms. The molecule has 7 heteroatoms. The number of anilines is 1. The molecule has 0 saturated carbocycles. The van der Waals surface area contributed by atoms with Gasteiger partial charge in [-0.15, -0.1) is 11.3 Å². The lowest BCUT2D eigenvalue weighted by molar-refractivity contribution is -0.119. The number of carbonyl (C=O) groups is 2. The molecule has 2 N–H and O–H groups in total.